The van der Waals surface area contributed by atoms with Crippen LogP contribution in [0, 0.1) is 5.92 Å². The van der Waals surface area contributed by atoms with Gasteiger partial charge in [0.2, 0.25) is 0 Å². The number of hydrogen-bond acceptors (Lipinski definition) is 2. The predicted molar refractivity (Wildman–Crippen MR) is 87.4 cm³/mol. The Bertz CT molecular complexity index is 390. The molecule has 0 aliphatic carbocycles. The number of aliphatic hydroxyl groups is 1. The summed E-state index contributed by atoms with van der Waals surface area (Å²) in [4.78, 5) is 0. The summed E-state index contributed by atoms with van der Waals surface area (Å²) in [5.74, 6) is 0.273. The first kappa shape index (κ1) is 16.5. The van der Waals surface area contributed by atoms with E-state index in [0.29, 0.717) is 0 Å². The van der Waals surface area contributed by atoms with Crippen LogP contribution in [0.4, 0.5) is 0 Å². The van der Waals surface area contributed by atoms with E-state index >= 15 is 0 Å². The number of ether oxygens (including phenoxy) is 1. The fourth-order valence-electron chi connectivity index (χ4n) is 3.24. The molecule has 2 nitrogen and oxygen atoms in total. The zero-order chi connectivity index (χ0) is 15.1. The molecule has 1 N–H and O–H groups in total. The van der Waals surface area contributed by atoms with E-state index < -0.39 is 0 Å². The molecule has 1 saturated heterocycles. The third-order valence-corrected chi connectivity index (χ3v) is 4.75. The smallest absolute Gasteiger partial charge is 0.0629 e. The third-order valence-electron chi connectivity index (χ3n) is 4.75. The van der Waals surface area contributed by atoms with Crippen LogP contribution in [0.15, 0.2) is 30.3 Å². The summed E-state index contributed by atoms with van der Waals surface area (Å²) in [6.07, 6.45) is 7.89. The van der Waals surface area contributed by atoms with Gasteiger partial charge in [-0.2, -0.15) is 0 Å². The van der Waals surface area contributed by atoms with Crippen molar-refractivity contribution >= 4 is 0 Å². The molecule has 1 aromatic carbocycles. The second-order valence-electron chi connectivity index (χ2n) is 6.48. The van der Waals surface area contributed by atoms with E-state index in [1.165, 1.54) is 24.8 Å². The number of aliphatic hydroxyl groups excluding tert-OH is 1. The lowest BCUT2D eigenvalue weighted by Gasteiger charge is -2.38. The molecule has 2 rings (SSSR count). The van der Waals surface area contributed by atoms with E-state index in [4.69, 9.17) is 4.74 Å². The van der Waals surface area contributed by atoms with Crippen LogP contribution < -0.4 is 0 Å². The van der Waals surface area contributed by atoms with Crippen LogP contribution in [-0.4, -0.2) is 23.4 Å². The quantitative estimate of drug-likeness (QED) is 0.756. The van der Waals surface area contributed by atoms with Crippen molar-refractivity contribution in [1.29, 1.82) is 0 Å². The number of aryl methyl sites for hydroxylation is 1. The van der Waals surface area contributed by atoms with Gasteiger partial charge in [0.05, 0.1) is 18.3 Å². The van der Waals surface area contributed by atoms with Crippen molar-refractivity contribution in [2.45, 2.75) is 77.1 Å². The largest absolute Gasteiger partial charge is 0.393 e. The summed E-state index contributed by atoms with van der Waals surface area (Å²) in [6.45, 7) is 4.36. The second kappa shape index (κ2) is 8.55. The maximum Gasteiger partial charge on any atom is 0.0629 e. The minimum atomic E-state index is -0.203. The molecule has 1 aliphatic rings. The van der Waals surface area contributed by atoms with Gasteiger partial charge in [-0.25, -0.2) is 0 Å². The van der Waals surface area contributed by atoms with Crippen LogP contribution in [-0.2, 0) is 11.2 Å². The molecule has 0 aromatic heterocycles. The highest BCUT2D eigenvalue weighted by atomic mass is 16.5. The predicted octanol–water partition coefficient (Wildman–Crippen LogP) is 4.35. The highest BCUT2D eigenvalue weighted by Gasteiger charge is 2.34. The molecule has 1 aromatic rings. The van der Waals surface area contributed by atoms with Gasteiger partial charge in [-0.05, 0) is 31.2 Å². The molecule has 2 heteroatoms. The molecule has 0 bridgehead atoms. The van der Waals surface area contributed by atoms with Crippen molar-refractivity contribution in [3.63, 3.8) is 0 Å². The van der Waals surface area contributed by atoms with Gasteiger partial charge in [0.15, 0.2) is 0 Å². The van der Waals surface area contributed by atoms with Crippen LogP contribution in [0.25, 0.3) is 0 Å². The molecule has 118 valence electrons. The first-order chi connectivity index (χ1) is 10.2. The van der Waals surface area contributed by atoms with Crippen molar-refractivity contribution < 1.29 is 9.84 Å². The number of hydrogen-bond donors (Lipinski definition) is 1. The third kappa shape index (κ3) is 5.12. The number of benzene rings is 1. The normalized spacial score (nSPS) is 29.5. The molecule has 1 aliphatic heterocycles. The van der Waals surface area contributed by atoms with Crippen molar-refractivity contribution in [3.8, 4) is 0 Å². The molecule has 1 fully saturated rings. The zero-order valence-electron chi connectivity index (χ0n) is 13.5. The SMILES string of the molecule is CCCCC[C@@H]1O[C@H](CCc2ccccc2)C[C@H](O)[C@H]1C. The van der Waals surface area contributed by atoms with Crippen LogP contribution in [0.1, 0.15) is 57.9 Å². The van der Waals surface area contributed by atoms with Gasteiger partial charge in [0.1, 0.15) is 0 Å². The number of unbranched alkanes of at least 4 members (excludes halogenated alkanes) is 2. The van der Waals surface area contributed by atoms with E-state index in [-0.39, 0.29) is 24.2 Å². The van der Waals surface area contributed by atoms with Crippen LogP contribution in [0.3, 0.4) is 0 Å². The van der Waals surface area contributed by atoms with Crippen LogP contribution in [0.5, 0.6) is 0 Å². The summed E-state index contributed by atoms with van der Waals surface area (Å²) < 4.78 is 6.28. The van der Waals surface area contributed by atoms with Gasteiger partial charge >= 0.3 is 0 Å². The molecule has 0 unspecified atom stereocenters. The van der Waals surface area contributed by atoms with E-state index in [2.05, 4.69) is 44.2 Å². The average molecular weight is 290 g/mol. The molecular formula is C19H30O2. The summed E-state index contributed by atoms with van der Waals surface area (Å²) in [6, 6.07) is 10.6. The number of rotatable bonds is 7. The average Bonchev–Trinajstić information content (AvgIpc) is 2.51. The van der Waals surface area contributed by atoms with Gasteiger partial charge < -0.3 is 9.84 Å². The standard InChI is InChI=1S/C19H30O2/c1-3-4-6-11-19-15(2)18(20)14-17(21-19)13-12-16-9-7-5-8-10-16/h5,7-10,15,17-20H,3-4,6,11-14H2,1-2H3/t15-,17-,18+,19+/m1/s1. The van der Waals surface area contributed by atoms with E-state index in [9.17, 15) is 5.11 Å². The van der Waals surface area contributed by atoms with Crippen LogP contribution in [0.2, 0.25) is 0 Å². The topological polar surface area (TPSA) is 29.5 Å². The Kier molecular flexibility index (Phi) is 6.72. The summed E-state index contributed by atoms with van der Waals surface area (Å²) in [5, 5.41) is 10.3. The lowest BCUT2D eigenvalue weighted by Crippen LogP contribution is -2.43. The van der Waals surface area contributed by atoms with Gasteiger partial charge in [-0.3, -0.25) is 0 Å². The Morgan fingerprint density at radius 2 is 1.90 bits per heavy atom. The van der Waals surface area contributed by atoms with Crippen LogP contribution >= 0.6 is 0 Å². The molecular weight excluding hydrogens is 260 g/mol. The monoisotopic (exact) mass is 290 g/mol. The summed E-state index contributed by atoms with van der Waals surface area (Å²) >= 11 is 0. The van der Waals surface area contributed by atoms with Crippen molar-refractivity contribution in [1.82, 2.24) is 0 Å². The van der Waals surface area contributed by atoms with E-state index in [0.717, 1.165) is 25.7 Å². The molecule has 0 amide bonds. The van der Waals surface area contributed by atoms with Gasteiger partial charge in [-0.15, -0.1) is 0 Å². The Balaban J connectivity index is 1.82. The van der Waals surface area contributed by atoms with E-state index in [1.807, 2.05) is 0 Å². The first-order valence-electron chi connectivity index (χ1n) is 8.58. The Hall–Kier alpha value is -0.860. The van der Waals surface area contributed by atoms with Crippen molar-refractivity contribution in [2.75, 3.05) is 0 Å². The summed E-state index contributed by atoms with van der Waals surface area (Å²) in [7, 11) is 0. The Labute approximate surface area is 129 Å². The second-order valence-corrected chi connectivity index (χ2v) is 6.48. The van der Waals surface area contributed by atoms with E-state index in [1.54, 1.807) is 0 Å². The Morgan fingerprint density at radius 1 is 1.14 bits per heavy atom. The molecule has 0 saturated carbocycles. The molecule has 0 radical (unpaired) electrons. The van der Waals surface area contributed by atoms with Crippen molar-refractivity contribution in [3.05, 3.63) is 35.9 Å². The minimum absolute atomic E-state index is 0.203. The lowest BCUT2D eigenvalue weighted by molar-refractivity contribution is -0.135. The highest BCUT2D eigenvalue weighted by molar-refractivity contribution is 5.14. The van der Waals surface area contributed by atoms with Crippen molar-refractivity contribution in [2.24, 2.45) is 5.92 Å². The fraction of sp³-hybridized carbons (Fsp3) is 0.684. The Morgan fingerprint density at radius 3 is 2.62 bits per heavy atom. The molecule has 0 spiro atoms. The fourth-order valence-corrected chi connectivity index (χ4v) is 3.24. The van der Waals surface area contributed by atoms with Gasteiger partial charge in [0, 0.05) is 5.92 Å². The first-order valence-corrected chi connectivity index (χ1v) is 8.58. The highest BCUT2D eigenvalue weighted by Crippen LogP contribution is 2.30. The maximum absolute atomic E-state index is 10.3. The minimum Gasteiger partial charge on any atom is -0.393 e. The summed E-state index contributed by atoms with van der Waals surface area (Å²) in [5.41, 5.74) is 1.36. The molecule has 21 heavy (non-hydrogen) atoms. The van der Waals surface area contributed by atoms with Gasteiger partial charge in [-0.1, -0.05) is 63.4 Å². The lowest BCUT2D eigenvalue weighted by atomic mass is 9.86. The maximum atomic E-state index is 10.3. The molecule has 1 heterocycles. The zero-order valence-corrected chi connectivity index (χ0v) is 13.5. The van der Waals surface area contributed by atoms with Gasteiger partial charge in [0.25, 0.3) is 0 Å². The molecule has 4 atom stereocenters.